The summed E-state index contributed by atoms with van der Waals surface area (Å²) in [4.78, 5) is 33.4. The van der Waals surface area contributed by atoms with Gasteiger partial charge in [-0.05, 0) is 98.3 Å². The predicted molar refractivity (Wildman–Crippen MR) is 179 cm³/mol. The van der Waals surface area contributed by atoms with Crippen LogP contribution in [0, 0.1) is 5.82 Å². The fourth-order valence-corrected chi connectivity index (χ4v) is 7.22. The van der Waals surface area contributed by atoms with E-state index in [-0.39, 0.29) is 29.3 Å². The van der Waals surface area contributed by atoms with Crippen molar-refractivity contribution in [1.29, 1.82) is 0 Å². The number of anilines is 3. The lowest BCUT2D eigenvalue weighted by molar-refractivity contribution is -0.133. The van der Waals surface area contributed by atoms with Crippen LogP contribution in [-0.4, -0.2) is 60.9 Å². The molecule has 47 heavy (non-hydrogen) atoms. The topological polar surface area (TPSA) is 155 Å². The van der Waals surface area contributed by atoms with Crippen molar-refractivity contribution < 1.29 is 32.2 Å². The highest BCUT2D eigenvalue weighted by molar-refractivity contribution is 7.91. The van der Waals surface area contributed by atoms with Gasteiger partial charge in [0, 0.05) is 41.6 Å². The smallest absolute Gasteiger partial charge is 0.411 e. The van der Waals surface area contributed by atoms with Gasteiger partial charge in [0.05, 0.1) is 23.3 Å². The zero-order valence-corrected chi connectivity index (χ0v) is 27.3. The number of carbonyl (C=O) groups is 2. The van der Waals surface area contributed by atoms with E-state index in [1.807, 2.05) is 0 Å². The normalized spacial score (nSPS) is 15.4. The molecule has 1 fully saturated rings. The van der Waals surface area contributed by atoms with E-state index in [0.717, 1.165) is 15.7 Å². The first-order valence-electron chi connectivity index (χ1n) is 15.5. The molecular formula is C34H38FN5O6S. The second-order valence-corrected chi connectivity index (χ2v) is 13.4. The summed E-state index contributed by atoms with van der Waals surface area (Å²) >= 11 is 0. The number of carbonyl (C=O) groups excluding carboxylic acids is 1. The summed E-state index contributed by atoms with van der Waals surface area (Å²) in [6.07, 6.45) is 1.37. The van der Waals surface area contributed by atoms with Gasteiger partial charge in [-0.2, -0.15) is 0 Å². The second kappa shape index (κ2) is 13.8. The largest absolute Gasteiger partial charge is 0.494 e. The van der Waals surface area contributed by atoms with Crippen molar-refractivity contribution >= 4 is 49.8 Å². The molecule has 4 N–H and O–H groups in total. The summed E-state index contributed by atoms with van der Waals surface area (Å²) in [5.41, 5.74) is 7.23. The van der Waals surface area contributed by atoms with Crippen molar-refractivity contribution in [2.75, 3.05) is 41.4 Å². The number of rotatable bonds is 11. The lowest BCUT2D eigenvalue weighted by Crippen LogP contribution is -2.38. The number of benzene rings is 3. The van der Waals surface area contributed by atoms with Crippen LogP contribution in [0.5, 0.6) is 5.75 Å². The predicted octanol–water partition coefficient (Wildman–Crippen LogP) is 6.17. The Morgan fingerprint density at radius 3 is 2.62 bits per heavy atom. The molecule has 0 bridgehead atoms. The Morgan fingerprint density at radius 2 is 1.91 bits per heavy atom. The van der Waals surface area contributed by atoms with Gasteiger partial charge in [-0.1, -0.05) is 6.92 Å². The van der Waals surface area contributed by atoms with Crippen LogP contribution in [0.3, 0.4) is 0 Å². The summed E-state index contributed by atoms with van der Waals surface area (Å²) in [7, 11) is -3.76. The van der Waals surface area contributed by atoms with Crippen LogP contribution in [0.25, 0.3) is 10.8 Å². The molecule has 4 aromatic rings. The molecule has 11 nitrogen and oxygen atoms in total. The highest BCUT2D eigenvalue weighted by atomic mass is 32.2. The van der Waals surface area contributed by atoms with Crippen LogP contribution in [0.1, 0.15) is 56.8 Å². The highest BCUT2D eigenvalue weighted by Crippen LogP contribution is 2.40. The molecular weight excluding hydrogens is 625 g/mol. The van der Waals surface area contributed by atoms with E-state index in [4.69, 9.17) is 10.5 Å². The number of nitrogen functional groups attached to an aromatic ring is 1. The molecule has 0 unspecified atom stereocenters. The summed E-state index contributed by atoms with van der Waals surface area (Å²) < 4.78 is 47.8. The number of ether oxygens (including phenoxy) is 1. The fourth-order valence-electron chi connectivity index (χ4n) is 6.08. The van der Waals surface area contributed by atoms with Crippen LogP contribution in [0.4, 0.5) is 26.4 Å². The van der Waals surface area contributed by atoms with Crippen LogP contribution >= 0.6 is 0 Å². The number of hydrogen-bond acceptors (Lipinski definition) is 8. The molecule has 0 saturated carbocycles. The Kier molecular flexibility index (Phi) is 9.85. The lowest BCUT2D eigenvalue weighted by atomic mass is 10.00. The molecule has 1 aliphatic rings. The standard InChI is InChI=1S/C34H38FN5O6S/c1-4-39(34(42)43)23-10-14-30(47(44,45)6-3)27(19-23)29-8-7-17-40(29)33(41)31(26-20-24(46-5-2)11-13-28(26)35)38-22-9-12-25-21(18-22)15-16-37-32(25)36/h9-16,18-20,29,31,38H,4-8,17H2,1-3H3,(H2,36,37)(H,42,43)/t29-,31+/m1/s1. The maximum atomic E-state index is 15.6. The van der Waals surface area contributed by atoms with Gasteiger partial charge in [-0.3, -0.25) is 9.69 Å². The monoisotopic (exact) mass is 663 g/mol. The third kappa shape index (κ3) is 6.80. The molecule has 0 spiro atoms. The number of carboxylic acid groups (broad SMARTS) is 1. The average molecular weight is 664 g/mol. The zero-order valence-electron chi connectivity index (χ0n) is 26.4. The minimum atomic E-state index is -3.76. The van der Waals surface area contributed by atoms with Crippen LogP contribution < -0.4 is 20.7 Å². The van der Waals surface area contributed by atoms with E-state index < -0.39 is 39.7 Å². The second-order valence-electron chi connectivity index (χ2n) is 11.2. The molecule has 3 aromatic carbocycles. The van der Waals surface area contributed by atoms with E-state index in [1.165, 1.54) is 43.3 Å². The van der Waals surface area contributed by atoms with Gasteiger partial charge in [-0.25, -0.2) is 22.6 Å². The van der Waals surface area contributed by atoms with E-state index in [1.54, 1.807) is 49.2 Å². The molecule has 1 aromatic heterocycles. The van der Waals surface area contributed by atoms with E-state index in [9.17, 15) is 23.1 Å². The number of nitrogens with two attached hydrogens (primary N) is 1. The first-order valence-corrected chi connectivity index (χ1v) is 17.1. The van der Waals surface area contributed by atoms with Gasteiger partial charge >= 0.3 is 6.09 Å². The fraction of sp³-hybridized carbons (Fsp3) is 0.324. The molecule has 1 saturated heterocycles. The van der Waals surface area contributed by atoms with Crippen LogP contribution in [0.2, 0.25) is 0 Å². The molecule has 13 heteroatoms. The van der Waals surface area contributed by atoms with E-state index >= 15 is 4.39 Å². The number of halogens is 1. The molecule has 0 radical (unpaired) electrons. The van der Waals surface area contributed by atoms with Crippen molar-refractivity contribution in [3.05, 3.63) is 83.8 Å². The van der Waals surface area contributed by atoms with Gasteiger partial charge in [0.25, 0.3) is 0 Å². The number of pyridine rings is 1. The SMILES string of the molecule is CCOc1ccc(F)c([C@H](Nc2ccc3c(N)nccc3c2)C(=O)N2CCC[C@@H]2c2cc(N(CC)C(=O)O)ccc2S(=O)(=O)CC)c1. The Morgan fingerprint density at radius 1 is 1.13 bits per heavy atom. The van der Waals surface area contributed by atoms with Gasteiger partial charge in [-0.15, -0.1) is 0 Å². The number of sulfone groups is 1. The van der Waals surface area contributed by atoms with Gasteiger partial charge in [0.15, 0.2) is 9.84 Å². The van der Waals surface area contributed by atoms with Crippen LogP contribution in [0.15, 0.2) is 71.8 Å². The first-order chi connectivity index (χ1) is 22.5. The van der Waals surface area contributed by atoms with Crippen molar-refractivity contribution in [2.45, 2.75) is 50.6 Å². The Labute approximate surface area is 273 Å². The van der Waals surface area contributed by atoms with Crippen LogP contribution in [-0.2, 0) is 14.6 Å². The van der Waals surface area contributed by atoms with Crippen molar-refractivity contribution in [1.82, 2.24) is 9.88 Å². The van der Waals surface area contributed by atoms with Crippen molar-refractivity contribution in [3.63, 3.8) is 0 Å². The molecule has 5 rings (SSSR count). The number of nitrogens with one attached hydrogen (secondary N) is 1. The molecule has 2 amide bonds. The maximum absolute atomic E-state index is 15.6. The molecule has 2 atom stereocenters. The van der Waals surface area contributed by atoms with Gasteiger partial charge < -0.3 is 25.8 Å². The molecule has 0 aliphatic carbocycles. The lowest BCUT2D eigenvalue weighted by Gasteiger charge is -2.32. The Balaban J connectivity index is 1.62. The van der Waals surface area contributed by atoms with E-state index in [2.05, 4.69) is 10.3 Å². The quantitative estimate of drug-likeness (QED) is 0.171. The number of nitrogens with zero attached hydrogens (tertiary/aromatic N) is 3. The molecule has 1 aliphatic heterocycles. The number of likely N-dealkylation sites (tertiary alicyclic amines) is 1. The third-order valence-corrected chi connectivity index (χ3v) is 10.2. The minimum absolute atomic E-state index is 0.0321. The van der Waals surface area contributed by atoms with E-state index in [0.29, 0.717) is 48.0 Å². The minimum Gasteiger partial charge on any atom is -0.494 e. The number of aromatic nitrogens is 1. The first kappa shape index (κ1) is 33.5. The maximum Gasteiger partial charge on any atom is 0.411 e. The number of fused-ring (bicyclic) bond motifs is 1. The summed E-state index contributed by atoms with van der Waals surface area (Å²) in [6, 6.07) is 13.8. The number of hydrogen-bond donors (Lipinski definition) is 3. The molecule has 2 heterocycles. The summed E-state index contributed by atoms with van der Waals surface area (Å²) in [5, 5.41) is 14.5. The zero-order chi connectivity index (χ0) is 33.9. The summed E-state index contributed by atoms with van der Waals surface area (Å²) in [5.74, 6) is -0.554. The van der Waals surface area contributed by atoms with Gasteiger partial charge in [0.2, 0.25) is 5.91 Å². The van der Waals surface area contributed by atoms with Gasteiger partial charge in [0.1, 0.15) is 23.4 Å². The van der Waals surface area contributed by atoms with Crippen molar-refractivity contribution in [2.24, 2.45) is 0 Å². The highest BCUT2D eigenvalue weighted by Gasteiger charge is 2.38. The number of amides is 2. The Bertz CT molecular complexity index is 1920. The molecule has 248 valence electrons. The third-order valence-electron chi connectivity index (χ3n) is 8.40. The van der Waals surface area contributed by atoms with Crippen molar-refractivity contribution in [3.8, 4) is 5.75 Å². The summed E-state index contributed by atoms with van der Waals surface area (Å²) in [6.45, 7) is 5.75. The Hall–Kier alpha value is -4.91. The average Bonchev–Trinajstić information content (AvgIpc) is 3.55.